The van der Waals surface area contributed by atoms with Crippen molar-refractivity contribution in [2.24, 2.45) is 0 Å². The number of carbonyl (C=O) groups excluding carboxylic acids is 1. The Morgan fingerprint density at radius 2 is 2.05 bits per heavy atom. The van der Waals surface area contributed by atoms with E-state index in [4.69, 9.17) is 11.6 Å². The number of carbonyl (C=O) groups is 1. The van der Waals surface area contributed by atoms with E-state index in [-0.39, 0.29) is 5.78 Å². The van der Waals surface area contributed by atoms with E-state index in [1.54, 1.807) is 23.5 Å². The molecule has 0 saturated heterocycles. The van der Waals surface area contributed by atoms with Crippen LogP contribution in [0.1, 0.15) is 21.5 Å². The Bertz CT molecular complexity index is 822. The summed E-state index contributed by atoms with van der Waals surface area (Å²) in [4.78, 5) is 12.6. The molecule has 0 atom stereocenters. The zero-order chi connectivity index (χ0) is 14.3. The molecule has 1 nitrogen and oxygen atoms in total. The van der Waals surface area contributed by atoms with Crippen LogP contribution in [0, 0.1) is 6.92 Å². The smallest absolute Gasteiger partial charge is 0.194 e. The van der Waals surface area contributed by atoms with Gasteiger partial charge in [-0.2, -0.15) is 0 Å². The molecular weight excluding hydrogens is 356 g/mol. The molecule has 0 aliphatic heterocycles. The summed E-state index contributed by atoms with van der Waals surface area (Å²) in [6.07, 6.45) is 0. The topological polar surface area (TPSA) is 17.1 Å². The third kappa shape index (κ3) is 2.30. The molecule has 0 fully saturated rings. The fourth-order valence-electron chi connectivity index (χ4n) is 2.14. The zero-order valence-electron chi connectivity index (χ0n) is 10.6. The Balaban J connectivity index is 2.13. The van der Waals surface area contributed by atoms with Crippen molar-refractivity contribution in [3.8, 4) is 0 Å². The predicted molar refractivity (Wildman–Crippen MR) is 89.1 cm³/mol. The van der Waals surface area contributed by atoms with Crippen molar-refractivity contribution in [3.05, 3.63) is 68.0 Å². The summed E-state index contributed by atoms with van der Waals surface area (Å²) in [5.41, 5.74) is 2.33. The average Bonchev–Trinajstić information content (AvgIpc) is 2.86. The van der Waals surface area contributed by atoms with E-state index in [1.807, 2.05) is 36.6 Å². The van der Waals surface area contributed by atoms with E-state index < -0.39 is 0 Å². The summed E-state index contributed by atoms with van der Waals surface area (Å²) in [5, 5.41) is 3.59. The van der Waals surface area contributed by atoms with Crippen LogP contribution in [0.2, 0.25) is 5.02 Å². The Morgan fingerprint density at radius 1 is 1.25 bits per heavy atom. The van der Waals surface area contributed by atoms with Gasteiger partial charge in [-0.1, -0.05) is 23.7 Å². The highest BCUT2D eigenvalue weighted by Gasteiger charge is 2.15. The third-order valence-corrected chi connectivity index (χ3v) is 5.59. The molecule has 0 unspecified atom stereocenters. The molecule has 0 radical (unpaired) electrons. The number of rotatable bonds is 2. The van der Waals surface area contributed by atoms with Crippen LogP contribution >= 0.6 is 38.9 Å². The summed E-state index contributed by atoms with van der Waals surface area (Å²) in [7, 11) is 0. The largest absolute Gasteiger partial charge is 0.289 e. The van der Waals surface area contributed by atoms with E-state index in [1.165, 1.54) is 0 Å². The second-order valence-electron chi connectivity index (χ2n) is 4.56. The lowest BCUT2D eigenvalue weighted by Crippen LogP contribution is -2.00. The maximum Gasteiger partial charge on any atom is 0.194 e. The van der Waals surface area contributed by atoms with Gasteiger partial charge in [-0.3, -0.25) is 4.79 Å². The molecule has 1 aromatic heterocycles. The van der Waals surface area contributed by atoms with E-state index in [0.29, 0.717) is 10.6 Å². The van der Waals surface area contributed by atoms with Gasteiger partial charge in [-0.05, 0) is 52.7 Å². The second-order valence-corrected chi connectivity index (χ2v) is 6.70. The monoisotopic (exact) mass is 364 g/mol. The van der Waals surface area contributed by atoms with Gasteiger partial charge in [0.1, 0.15) is 0 Å². The Morgan fingerprint density at radius 3 is 2.80 bits per heavy atom. The first-order valence-electron chi connectivity index (χ1n) is 6.04. The third-order valence-electron chi connectivity index (χ3n) is 3.22. The molecule has 3 rings (SSSR count). The van der Waals surface area contributed by atoms with Gasteiger partial charge in [-0.25, -0.2) is 0 Å². The highest BCUT2D eigenvalue weighted by Crippen LogP contribution is 2.33. The number of benzene rings is 2. The van der Waals surface area contributed by atoms with Crippen LogP contribution in [-0.4, -0.2) is 5.78 Å². The van der Waals surface area contributed by atoms with Crippen LogP contribution in [0.25, 0.3) is 10.1 Å². The Hall–Kier alpha value is -1.16. The zero-order valence-corrected chi connectivity index (χ0v) is 13.8. The maximum absolute atomic E-state index is 12.6. The van der Waals surface area contributed by atoms with Gasteiger partial charge in [0.05, 0.1) is 0 Å². The van der Waals surface area contributed by atoms with Crippen LogP contribution in [0.3, 0.4) is 0 Å². The van der Waals surface area contributed by atoms with Crippen molar-refractivity contribution in [2.75, 3.05) is 0 Å². The number of hydrogen-bond donors (Lipinski definition) is 0. The van der Waals surface area contributed by atoms with Crippen molar-refractivity contribution in [1.29, 1.82) is 0 Å². The molecule has 100 valence electrons. The van der Waals surface area contributed by atoms with Gasteiger partial charge < -0.3 is 0 Å². The maximum atomic E-state index is 12.6. The van der Waals surface area contributed by atoms with Gasteiger partial charge in [0, 0.05) is 36.1 Å². The number of ketones is 1. The molecule has 1 heterocycles. The molecule has 0 aliphatic rings. The summed E-state index contributed by atoms with van der Waals surface area (Å²) in [6.45, 7) is 1.90. The van der Waals surface area contributed by atoms with Crippen LogP contribution < -0.4 is 0 Å². The molecule has 0 saturated carbocycles. The number of halogens is 2. The lowest BCUT2D eigenvalue weighted by Gasteiger charge is -2.03. The fourth-order valence-corrected chi connectivity index (χ4v) is 3.86. The van der Waals surface area contributed by atoms with Gasteiger partial charge in [0.25, 0.3) is 0 Å². The second kappa shape index (κ2) is 5.32. The molecular formula is C16H10BrClOS. The Kier molecular flexibility index (Phi) is 3.67. The number of aryl methyl sites for hydroxylation is 1. The first-order chi connectivity index (χ1) is 9.58. The van der Waals surface area contributed by atoms with E-state index in [2.05, 4.69) is 15.9 Å². The molecule has 0 N–H and O–H groups in total. The molecule has 0 aliphatic carbocycles. The van der Waals surface area contributed by atoms with Crippen molar-refractivity contribution >= 4 is 54.7 Å². The van der Waals surface area contributed by atoms with Crippen molar-refractivity contribution in [1.82, 2.24) is 0 Å². The molecule has 0 amide bonds. The molecule has 0 spiro atoms. The minimum absolute atomic E-state index is 0.0362. The SMILES string of the molecule is Cc1cc(C(=O)c2csc3c(Br)cccc23)ccc1Cl. The molecule has 0 bridgehead atoms. The first kappa shape index (κ1) is 13.8. The van der Waals surface area contributed by atoms with Gasteiger partial charge in [0.2, 0.25) is 0 Å². The Labute approximate surface area is 134 Å². The van der Waals surface area contributed by atoms with Crippen molar-refractivity contribution in [2.45, 2.75) is 6.92 Å². The standard InChI is InChI=1S/C16H10BrClOS/c1-9-7-10(5-6-14(9)18)15(19)12-8-20-16-11(12)3-2-4-13(16)17/h2-8H,1H3. The lowest BCUT2D eigenvalue weighted by atomic mass is 10.0. The van der Waals surface area contributed by atoms with Crippen LogP contribution in [0.5, 0.6) is 0 Å². The lowest BCUT2D eigenvalue weighted by molar-refractivity contribution is 0.104. The van der Waals surface area contributed by atoms with Crippen LogP contribution in [0.15, 0.2) is 46.3 Å². The predicted octanol–water partition coefficient (Wildman–Crippen LogP) is 5.86. The normalized spacial score (nSPS) is 10.9. The molecule has 3 aromatic rings. The van der Waals surface area contributed by atoms with Crippen LogP contribution in [0.4, 0.5) is 0 Å². The van der Waals surface area contributed by atoms with Gasteiger partial charge in [-0.15, -0.1) is 11.3 Å². The number of thiophene rings is 1. The summed E-state index contributed by atoms with van der Waals surface area (Å²) >= 11 is 11.1. The quantitative estimate of drug-likeness (QED) is 0.520. The average molecular weight is 366 g/mol. The molecule has 20 heavy (non-hydrogen) atoms. The minimum atomic E-state index is 0.0362. The van der Waals surface area contributed by atoms with Crippen molar-refractivity contribution in [3.63, 3.8) is 0 Å². The van der Waals surface area contributed by atoms with Crippen molar-refractivity contribution < 1.29 is 4.79 Å². The van der Waals surface area contributed by atoms with Gasteiger partial charge in [0.15, 0.2) is 5.78 Å². The van der Waals surface area contributed by atoms with E-state index in [0.717, 1.165) is 25.7 Å². The minimum Gasteiger partial charge on any atom is -0.289 e. The molecule has 4 heteroatoms. The highest BCUT2D eigenvalue weighted by atomic mass is 79.9. The first-order valence-corrected chi connectivity index (χ1v) is 8.09. The number of hydrogen-bond acceptors (Lipinski definition) is 2. The fraction of sp³-hybridized carbons (Fsp3) is 0.0625. The number of fused-ring (bicyclic) bond motifs is 1. The highest BCUT2D eigenvalue weighted by molar-refractivity contribution is 9.10. The van der Waals surface area contributed by atoms with Crippen LogP contribution in [-0.2, 0) is 0 Å². The molecule has 2 aromatic carbocycles. The van der Waals surface area contributed by atoms with Gasteiger partial charge >= 0.3 is 0 Å². The summed E-state index contributed by atoms with van der Waals surface area (Å²) < 4.78 is 2.12. The van der Waals surface area contributed by atoms with E-state index in [9.17, 15) is 4.79 Å². The summed E-state index contributed by atoms with van der Waals surface area (Å²) in [6, 6.07) is 11.3. The summed E-state index contributed by atoms with van der Waals surface area (Å²) in [5.74, 6) is 0.0362. The van der Waals surface area contributed by atoms with E-state index >= 15 is 0 Å².